The molecular formula is C18H20O3. The van der Waals surface area contributed by atoms with Gasteiger partial charge in [-0.25, -0.2) is 4.79 Å². The largest absolute Gasteiger partial charge is 0.478 e. The van der Waals surface area contributed by atoms with Crippen molar-refractivity contribution in [3.63, 3.8) is 0 Å². The van der Waals surface area contributed by atoms with Crippen LogP contribution >= 0.6 is 0 Å². The van der Waals surface area contributed by atoms with Gasteiger partial charge >= 0.3 is 5.97 Å². The van der Waals surface area contributed by atoms with Gasteiger partial charge in [-0.05, 0) is 36.6 Å². The SMILES string of the molecule is CO[C@@]1(C)C[C@]2(C)C=C[C@H]1C=C2c1ccc(C(=O)O)cc1. The van der Waals surface area contributed by atoms with Crippen molar-refractivity contribution < 1.29 is 14.6 Å². The Balaban J connectivity index is 2.01. The second kappa shape index (κ2) is 4.57. The van der Waals surface area contributed by atoms with Crippen molar-refractivity contribution in [2.45, 2.75) is 25.9 Å². The summed E-state index contributed by atoms with van der Waals surface area (Å²) in [6.07, 6.45) is 7.69. The minimum atomic E-state index is -0.890. The standard InChI is InChI=1S/C18H20O3/c1-17-9-8-14(18(2,11-17)21-3)10-15(17)12-4-6-13(7-5-12)16(19)20/h4-10,14H,11H2,1-3H3,(H,19,20)/t14-,17-,18-/m0/s1. The molecular weight excluding hydrogens is 264 g/mol. The van der Waals surface area contributed by atoms with Crippen molar-refractivity contribution in [2.75, 3.05) is 7.11 Å². The fraction of sp³-hybridized carbons (Fsp3) is 0.389. The summed E-state index contributed by atoms with van der Waals surface area (Å²) in [6.45, 7) is 4.37. The molecule has 0 aliphatic heterocycles. The minimum Gasteiger partial charge on any atom is -0.478 e. The number of hydrogen-bond donors (Lipinski definition) is 1. The lowest BCUT2D eigenvalue weighted by atomic mass is 9.59. The molecule has 0 fully saturated rings. The fourth-order valence-corrected chi connectivity index (χ4v) is 3.64. The summed E-state index contributed by atoms with van der Waals surface area (Å²) < 4.78 is 5.74. The molecule has 1 N–H and O–H groups in total. The molecule has 4 rings (SSSR count). The highest BCUT2D eigenvalue weighted by Crippen LogP contribution is 2.54. The van der Waals surface area contributed by atoms with Gasteiger partial charge < -0.3 is 9.84 Å². The van der Waals surface area contributed by atoms with Crippen LogP contribution in [-0.4, -0.2) is 23.8 Å². The monoisotopic (exact) mass is 284 g/mol. The Kier molecular flexibility index (Phi) is 3.06. The molecule has 110 valence electrons. The van der Waals surface area contributed by atoms with E-state index in [0.717, 1.165) is 12.0 Å². The molecule has 3 aliphatic carbocycles. The van der Waals surface area contributed by atoms with Crippen LogP contribution in [0.4, 0.5) is 0 Å². The first-order chi connectivity index (χ1) is 9.88. The van der Waals surface area contributed by atoms with Gasteiger partial charge in [0.25, 0.3) is 0 Å². The molecule has 1 aromatic carbocycles. The average molecular weight is 284 g/mol. The fourth-order valence-electron chi connectivity index (χ4n) is 3.64. The van der Waals surface area contributed by atoms with Gasteiger partial charge in [0.1, 0.15) is 0 Å². The molecule has 0 unspecified atom stereocenters. The third-order valence-corrected chi connectivity index (χ3v) is 4.97. The van der Waals surface area contributed by atoms with E-state index in [1.807, 2.05) is 12.1 Å². The summed E-state index contributed by atoms with van der Waals surface area (Å²) in [5.74, 6) is -0.628. The third kappa shape index (κ3) is 2.12. The Labute approximate surface area is 124 Å². The molecule has 3 heteroatoms. The number of methoxy groups -OCH3 is 1. The first-order valence-corrected chi connectivity index (χ1v) is 7.18. The van der Waals surface area contributed by atoms with Crippen molar-refractivity contribution in [1.82, 2.24) is 0 Å². The Hall–Kier alpha value is -1.87. The van der Waals surface area contributed by atoms with E-state index in [9.17, 15) is 4.79 Å². The van der Waals surface area contributed by atoms with Gasteiger partial charge in [-0.2, -0.15) is 0 Å². The smallest absolute Gasteiger partial charge is 0.335 e. The van der Waals surface area contributed by atoms with Crippen LogP contribution in [0.1, 0.15) is 36.2 Å². The Morgan fingerprint density at radius 3 is 2.48 bits per heavy atom. The number of rotatable bonds is 3. The number of aromatic carboxylic acids is 1. The number of fused-ring (bicyclic) bond motifs is 1. The maximum atomic E-state index is 11.0. The lowest BCUT2D eigenvalue weighted by Gasteiger charge is -2.50. The molecule has 1 aromatic rings. The van der Waals surface area contributed by atoms with Crippen molar-refractivity contribution in [3.8, 4) is 0 Å². The van der Waals surface area contributed by atoms with E-state index in [4.69, 9.17) is 9.84 Å². The van der Waals surface area contributed by atoms with Crippen LogP contribution in [0.3, 0.4) is 0 Å². The predicted molar refractivity (Wildman–Crippen MR) is 82.1 cm³/mol. The maximum absolute atomic E-state index is 11.0. The zero-order chi connectivity index (χ0) is 15.3. The van der Waals surface area contributed by atoms with Gasteiger partial charge in [-0.15, -0.1) is 0 Å². The van der Waals surface area contributed by atoms with Crippen LogP contribution in [0.25, 0.3) is 5.57 Å². The van der Waals surface area contributed by atoms with Gasteiger partial charge in [0.05, 0.1) is 11.2 Å². The van der Waals surface area contributed by atoms with Gasteiger partial charge in [0.2, 0.25) is 0 Å². The first-order valence-electron chi connectivity index (χ1n) is 7.18. The second-order valence-electron chi connectivity index (χ2n) is 6.46. The number of hydrogen-bond acceptors (Lipinski definition) is 2. The van der Waals surface area contributed by atoms with Crippen LogP contribution in [-0.2, 0) is 4.74 Å². The summed E-state index contributed by atoms with van der Waals surface area (Å²) in [7, 11) is 1.77. The number of allylic oxidation sites excluding steroid dienone is 2. The van der Waals surface area contributed by atoms with Crippen molar-refractivity contribution in [3.05, 3.63) is 53.6 Å². The maximum Gasteiger partial charge on any atom is 0.335 e. The lowest BCUT2D eigenvalue weighted by Crippen LogP contribution is -2.46. The topological polar surface area (TPSA) is 46.5 Å². The molecule has 0 saturated heterocycles. The molecule has 0 saturated carbocycles. The second-order valence-corrected chi connectivity index (χ2v) is 6.46. The molecule has 0 radical (unpaired) electrons. The molecule has 2 bridgehead atoms. The van der Waals surface area contributed by atoms with Crippen molar-refractivity contribution in [2.24, 2.45) is 11.3 Å². The lowest BCUT2D eigenvalue weighted by molar-refractivity contribution is -0.0461. The number of ether oxygens (including phenoxy) is 1. The highest BCUT2D eigenvalue weighted by Gasteiger charge is 2.48. The van der Waals surface area contributed by atoms with Crippen molar-refractivity contribution in [1.29, 1.82) is 0 Å². The normalized spacial score (nSPS) is 33.9. The molecule has 0 aromatic heterocycles. The van der Waals surface area contributed by atoms with Crippen LogP contribution in [0, 0.1) is 11.3 Å². The van der Waals surface area contributed by atoms with Crippen LogP contribution < -0.4 is 0 Å². The molecule has 0 amide bonds. The number of carboxylic acid groups (broad SMARTS) is 1. The molecule has 0 spiro atoms. The molecule has 21 heavy (non-hydrogen) atoms. The van der Waals surface area contributed by atoms with Crippen LogP contribution in [0.15, 0.2) is 42.5 Å². The van der Waals surface area contributed by atoms with Crippen LogP contribution in [0.5, 0.6) is 0 Å². The third-order valence-electron chi connectivity index (χ3n) is 4.97. The van der Waals surface area contributed by atoms with E-state index in [0.29, 0.717) is 5.56 Å². The number of benzene rings is 1. The van der Waals surface area contributed by atoms with E-state index >= 15 is 0 Å². The summed E-state index contributed by atoms with van der Waals surface area (Å²) in [5.41, 5.74) is 2.46. The number of carboxylic acids is 1. The molecule has 3 aliphatic rings. The quantitative estimate of drug-likeness (QED) is 0.859. The molecule has 3 nitrogen and oxygen atoms in total. The van der Waals surface area contributed by atoms with E-state index < -0.39 is 5.97 Å². The zero-order valence-electron chi connectivity index (χ0n) is 12.6. The predicted octanol–water partition coefficient (Wildman–Crippen LogP) is 3.77. The summed E-state index contributed by atoms with van der Waals surface area (Å²) >= 11 is 0. The summed E-state index contributed by atoms with van der Waals surface area (Å²) in [4.78, 5) is 11.0. The van der Waals surface area contributed by atoms with E-state index in [1.54, 1.807) is 19.2 Å². The Bertz CT molecular complexity index is 641. The minimum absolute atomic E-state index is 0.0652. The van der Waals surface area contributed by atoms with Gasteiger partial charge in [-0.1, -0.05) is 37.3 Å². The molecule has 0 heterocycles. The van der Waals surface area contributed by atoms with E-state index in [-0.39, 0.29) is 16.9 Å². The summed E-state index contributed by atoms with van der Waals surface area (Å²) in [6, 6.07) is 7.14. The van der Waals surface area contributed by atoms with Crippen molar-refractivity contribution >= 4 is 11.5 Å². The van der Waals surface area contributed by atoms with E-state index in [2.05, 4.69) is 32.1 Å². The summed E-state index contributed by atoms with van der Waals surface area (Å²) in [5, 5.41) is 9.00. The number of carbonyl (C=O) groups is 1. The Morgan fingerprint density at radius 2 is 1.95 bits per heavy atom. The van der Waals surface area contributed by atoms with Crippen LogP contribution in [0.2, 0.25) is 0 Å². The van der Waals surface area contributed by atoms with Gasteiger partial charge in [0.15, 0.2) is 0 Å². The van der Waals surface area contributed by atoms with Gasteiger partial charge in [-0.3, -0.25) is 0 Å². The zero-order valence-corrected chi connectivity index (χ0v) is 12.6. The first kappa shape index (κ1) is 14.1. The van der Waals surface area contributed by atoms with Gasteiger partial charge in [0, 0.05) is 18.4 Å². The highest BCUT2D eigenvalue weighted by molar-refractivity contribution is 5.88. The Morgan fingerprint density at radius 1 is 1.29 bits per heavy atom. The highest BCUT2D eigenvalue weighted by atomic mass is 16.5. The van der Waals surface area contributed by atoms with E-state index in [1.165, 1.54) is 5.57 Å². The average Bonchev–Trinajstić information content (AvgIpc) is 2.47. The molecule has 3 atom stereocenters.